The molecule has 0 N–H and O–H groups in total. The van der Waals surface area contributed by atoms with E-state index in [0.29, 0.717) is 19.4 Å². The van der Waals surface area contributed by atoms with Crippen LogP contribution in [0.1, 0.15) is 58.9 Å². The molecule has 28 heavy (non-hydrogen) atoms. The second-order valence-electron chi connectivity index (χ2n) is 7.72. The Labute approximate surface area is 169 Å². The number of hydrogen-bond donors (Lipinski definition) is 0. The van der Waals surface area contributed by atoms with Crippen LogP contribution in [-0.4, -0.2) is 36.3 Å². The molecule has 4 nitrogen and oxygen atoms in total. The molecule has 0 saturated carbocycles. The lowest BCUT2D eigenvalue weighted by Crippen LogP contribution is -2.36. The second kappa shape index (κ2) is 10.2. The first-order valence-corrected chi connectivity index (χ1v) is 9.68. The Bertz CT molecular complexity index is 645. The Hall–Kier alpha value is -1.63. The molecule has 0 aliphatic carbocycles. The van der Waals surface area contributed by atoms with Crippen LogP contribution in [-0.2, 0) is 10.9 Å². The van der Waals surface area contributed by atoms with Crippen LogP contribution < -0.4 is 4.74 Å². The molecule has 1 aromatic carbocycles. The lowest BCUT2D eigenvalue weighted by molar-refractivity contribution is -0.137. The maximum atomic E-state index is 13.0. The van der Waals surface area contributed by atoms with E-state index < -0.39 is 23.4 Å². The molecule has 0 aliphatic heterocycles. The van der Waals surface area contributed by atoms with E-state index in [2.05, 4.69) is 0 Å². The fraction of sp³-hybridized carbons (Fsp3) is 0.650. The predicted molar refractivity (Wildman–Crippen MR) is 104 cm³/mol. The Morgan fingerprint density at radius 3 is 2.39 bits per heavy atom. The number of carbonyl (C=O) groups excluding carboxylic acids is 1. The topological polar surface area (TPSA) is 38.8 Å². The average molecular weight is 424 g/mol. The first-order valence-electron chi connectivity index (χ1n) is 9.31. The minimum Gasteiger partial charge on any atom is -0.489 e. The first kappa shape index (κ1) is 24.4. The van der Waals surface area contributed by atoms with Crippen molar-refractivity contribution in [1.29, 1.82) is 0 Å². The fourth-order valence-electron chi connectivity index (χ4n) is 2.41. The number of ether oxygens (including phenoxy) is 2. The molecule has 0 saturated heterocycles. The van der Waals surface area contributed by atoms with Crippen LogP contribution in [0, 0.1) is 0 Å². The summed E-state index contributed by atoms with van der Waals surface area (Å²) >= 11 is 6.03. The lowest BCUT2D eigenvalue weighted by atomic mass is 10.1. The normalized spacial score (nSPS) is 13.2. The molecule has 1 aromatic rings. The molecule has 0 heterocycles. The van der Waals surface area contributed by atoms with Crippen LogP contribution in [0.25, 0.3) is 0 Å². The summed E-state index contributed by atoms with van der Waals surface area (Å²) in [5.74, 6) is -0.00230. The van der Waals surface area contributed by atoms with Crippen molar-refractivity contribution in [1.82, 2.24) is 4.90 Å². The molecule has 1 rings (SSSR count). The highest BCUT2D eigenvalue weighted by Crippen LogP contribution is 2.35. The smallest absolute Gasteiger partial charge is 0.416 e. The van der Waals surface area contributed by atoms with Gasteiger partial charge in [-0.2, -0.15) is 13.2 Å². The molecular formula is C20H29ClF3NO3. The molecule has 0 aromatic heterocycles. The van der Waals surface area contributed by atoms with E-state index in [1.165, 1.54) is 11.0 Å². The van der Waals surface area contributed by atoms with Crippen LogP contribution in [0.3, 0.4) is 0 Å². The Balaban J connectivity index is 2.82. The summed E-state index contributed by atoms with van der Waals surface area (Å²) in [6.45, 7) is 7.70. The third-order valence-corrected chi connectivity index (χ3v) is 4.24. The van der Waals surface area contributed by atoms with Crippen molar-refractivity contribution in [3.05, 3.63) is 28.8 Å². The molecule has 1 amide bonds. The Morgan fingerprint density at radius 1 is 1.21 bits per heavy atom. The van der Waals surface area contributed by atoms with E-state index in [1.54, 1.807) is 27.8 Å². The minimum atomic E-state index is -4.47. The van der Waals surface area contributed by atoms with Crippen LogP contribution in [0.15, 0.2) is 18.2 Å². The zero-order valence-electron chi connectivity index (χ0n) is 17.0. The van der Waals surface area contributed by atoms with Gasteiger partial charge in [0.15, 0.2) is 0 Å². The number of alkyl halides is 3. The SMILES string of the molecule is CCCCC(CCN(C)C(=O)OC(C)(C)C)Oc1cc(C(F)(F)F)ccc1Cl. The van der Waals surface area contributed by atoms with E-state index >= 15 is 0 Å². The maximum absolute atomic E-state index is 13.0. The van der Waals surface area contributed by atoms with Crippen molar-refractivity contribution in [3.63, 3.8) is 0 Å². The van der Waals surface area contributed by atoms with Crippen molar-refractivity contribution >= 4 is 17.7 Å². The molecule has 8 heteroatoms. The number of unbranched alkanes of at least 4 members (excludes halogenated alkanes) is 1. The van der Waals surface area contributed by atoms with Gasteiger partial charge in [0.1, 0.15) is 17.5 Å². The van der Waals surface area contributed by atoms with Crippen molar-refractivity contribution in [3.8, 4) is 5.75 Å². The van der Waals surface area contributed by atoms with Gasteiger partial charge in [-0.3, -0.25) is 0 Å². The highest BCUT2D eigenvalue weighted by molar-refractivity contribution is 6.32. The molecule has 0 aliphatic rings. The molecule has 0 spiro atoms. The third kappa shape index (κ3) is 8.59. The summed E-state index contributed by atoms with van der Waals surface area (Å²) in [5, 5.41) is 0.120. The molecule has 0 bridgehead atoms. The van der Waals surface area contributed by atoms with Gasteiger partial charge in [0.05, 0.1) is 10.6 Å². The number of nitrogens with zero attached hydrogens (tertiary/aromatic N) is 1. The van der Waals surface area contributed by atoms with Gasteiger partial charge in [-0.25, -0.2) is 4.79 Å². The van der Waals surface area contributed by atoms with E-state index in [9.17, 15) is 18.0 Å². The van der Waals surface area contributed by atoms with E-state index in [0.717, 1.165) is 25.0 Å². The second-order valence-corrected chi connectivity index (χ2v) is 8.12. The standard InChI is InChI=1S/C20H29ClF3NO3/c1-6-7-8-15(11-12-25(5)18(26)28-19(2,3)4)27-17-13-14(20(22,23)24)9-10-16(17)21/h9-10,13,15H,6-8,11-12H2,1-5H3. The van der Waals surface area contributed by atoms with Crippen molar-refractivity contribution in [2.75, 3.05) is 13.6 Å². The number of amides is 1. The van der Waals surface area contributed by atoms with Crippen LogP contribution in [0.2, 0.25) is 5.02 Å². The molecule has 0 radical (unpaired) electrons. The minimum absolute atomic E-state index is 0.00230. The van der Waals surface area contributed by atoms with Crippen molar-refractivity contribution < 1.29 is 27.4 Å². The van der Waals surface area contributed by atoms with Gasteiger partial charge >= 0.3 is 12.3 Å². The number of hydrogen-bond acceptors (Lipinski definition) is 3. The lowest BCUT2D eigenvalue weighted by Gasteiger charge is -2.26. The van der Waals surface area contributed by atoms with Gasteiger partial charge < -0.3 is 14.4 Å². The van der Waals surface area contributed by atoms with Gasteiger partial charge in [-0.05, 0) is 45.4 Å². The first-order chi connectivity index (χ1) is 12.8. The third-order valence-electron chi connectivity index (χ3n) is 3.92. The largest absolute Gasteiger partial charge is 0.489 e. The van der Waals surface area contributed by atoms with Gasteiger partial charge in [-0.1, -0.05) is 31.4 Å². The number of halogens is 4. The Morgan fingerprint density at radius 2 is 1.86 bits per heavy atom. The summed E-state index contributed by atoms with van der Waals surface area (Å²) in [4.78, 5) is 13.5. The zero-order valence-corrected chi connectivity index (χ0v) is 17.8. The summed E-state index contributed by atoms with van der Waals surface area (Å²) in [5.41, 5.74) is -1.42. The average Bonchev–Trinajstić information content (AvgIpc) is 2.56. The van der Waals surface area contributed by atoms with Gasteiger partial charge in [0, 0.05) is 20.0 Å². The quantitative estimate of drug-likeness (QED) is 0.475. The molecule has 1 unspecified atom stereocenters. The maximum Gasteiger partial charge on any atom is 0.416 e. The highest BCUT2D eigenvalue weighted by atomic mass is 35.5. The molecule has 1 atom stereocenters. The molecular weight excluding hydrogens is 395 g/mol. The molecule has 0 fully saturated rings. The van der Waals surface area contributed by atoms with E-state index in [1.807, 2.05) is 6.92 Å². The van der Waals surface area contributed by atoms with E-state index in [4.69, 9.17) is 21.1 Å². The van der Waals surface area contributed by atoms with Crippen LogP contribution in [0.4, 0.5) is 18.0 Å². The monoisotopic (exact) mass is 423 g/mol. The summed E-state index contributed by atoms with van der Waals surface area (Å²) in [7, 11) is 1.61. The predicted octanol–water partition coefficient (Wildman–Crippen LogP) is 6.55. The van der Waals surface area contributed by atoms with Crippen LogP contribution in [0.5, 0.6) is 5.75 Å². The van der Waals surface area contributed by atoms with E-state index in [-0.39, 0.29) is 16.9 Å². The van der Waals surface area contributed by atoms with Crippen molar-refractivity contribution in [2.45, 2.75) is 71.3 Å². The van der Waals surface area contributed by atoms with Gasteiger partial charge in [0.25, 0.3) is 0 Å². The van der Waals surface area contributed by atoms with Gasteiger partial charge in [-0.15, -0.1) is 0 Å². The number of rotatable bonds is 8. The summed E-state index contributed by atoms with van der Waals surface area (Å²) in [6.07, 6.45) is -2.45. The van der Waals surface area contributed by atoms with Crippen LogP contribution >= 0.6 is 11.6 Å². The summed E-state index contributed by atoms with van der Waals surface area (Å²) in [6, 6.07) is 3.02. The fourth-order valence-corrected chi connectivity index (χ4v) is 2.57. The summed E-state index contributed by atoms with van der Waals surface area (Å²) < 4.78 is 50.0. The number of benzene rings is 1. The zero-order chi connectivity index (χ0) is 21.5. The molecule has 160 valence electrons. The Kier molecular flexibility index (Phi) is 8.92. The van der Waals surface area contributed by atoms with Crippen molar-refractivity contribution in [2.24, 2.45) is 0 Å². The number of carbonyl (C=O) groups is 1. The highest BCUT2D eigenvalue weighted by Gasteiger charge is 2.31. The van der Waals surface area contributed by atoms with Gasteiger partial charge in [0.2, 0.25) is 0 Å².